The maximum atomic E-state index is 5.78. The minimum absolute atomic E-state index is 0.0982. The molecule has 1 aromatic carbocycles. The summed E-state index contributed by atoms with van der Waals surface area (Å²) in [5, 5.41) is 0. The summed E-state index contributed by atoms with van der Waals surface area (Å²) < 4.78 is 11.5. The van der Waals surface area contributed by atoms with Crippen LogP contribution in [0.2, 0.25) is 0 Å². The molecule has 0 aliphatic carbocycles. The lowest BCUT2D eigenvalue weighted by atomic mass is 10.3. The molecule has 0 heterocycles. The van der Waals surface area contributed by atoms with Gasteiger partial charge < -0.3 is 9.47 Å². The number of para-hydroxylation sites is 1. The Morgan fingerprint density at radius 3 is 2.44 bits per heavy atom. The molecule has 16 heavy (non-hydrogen) atoms. The fourth-order valence-corrected chi connectivity index (χ4v) is 1.42. The van der Waals surface area contributed by atoms with Crippen LogP contribution in [0.4, 0.5) is 0 Å². The normalized spacial score (nSPS) is 12.4. The van der Waals surface area contributed by atoms with Crippen molar-refractivity contribution in [1.82, 2.24) is 0 Å². The molecule has 1 rings (SSSR count). The predicted octanol–water partition coefficient (Wildman–Crippen LogP) is 4.01. The van der Waals surface area contributed by atoms with Gasteiger partial charge in [0.2, 0.25) is 0 Å². The van der Waals surface area contributed by atoms with E-state index in [0.717, 1.165) is 38.0 Å². The minimum Gasteiger partial charge on any atom is -0.465 e. The first-order valence-corrected chi connectivity index (χ1v) is 6.20. The first kappa shape index (κ1) is 13.0. The molecule has 0 saturated carbocycles. The Labute approximate surface area is 98.6 Å². The molecule has 0 N–H and O–H groups in total. The highest BCUT2D eigenvalue weighted by molar-refractivity contribution is 5.20. The molecule has 0 aliphatic heterocycles. The Morgan fingerprint density at radius 1 is 1.06 bits per heavy atom. The quantitative estimate of drug-likeness (QED) is 0.489. The molecule has 90 valence electrons. The minimum atomic E-state index is -0.0982. The van der Waals surface area contributed by atoms with Crippen molar-refractivity contribution in [3.05, 3.63) is 30.3 Å². The molecule has 0 saturated heterocycles. The van der Waals surface area contributed by atoms with Crippen LogP contribution in [0.3, 0.4) is 0 Å². The van der Waals surface area contributed by atoms with Gasteiger partial charge >= 0.3 is 0 Å². The van der Waals surface area contributed by atoms with E-state index in [9.17, 15) is 0 Å². The summed E-state index contributed by atoms with van der Waals surface area (Å²) in [6.07, 6.45) is 4.17. The molecule has 0 amide bonds. The average molecular weight is 222 g/mol. The van der Waals surface area contributed by atoms with Crippen LogP contribution >= 0.6 is 0 Å². The van der Waals surface area contributed by atoms with E-state index in [1.54, 1.807) is 0 Å². The first-order valence-electron chi connectivity index (χ1n) is 6.20. The third-order valence-electron chi connectivity index (χ3n) is 2.34. The smallest absolute Gasteiger partial charge is 0.199 e. The zero-order valence-electron chi connectivity index (χ0n) is 10.3. The molecular weight excluding hydrogens is 200 g/mol. The van der Waals surface area contributed by atoms with Crippen LogP contribution in [0.1, 0.15) is 39.5 Å². The molecule has 0 aliphatic rings. The van der Waals surface area contributed by atoms with Crippen molar-refractivity contribution in [3.63, 3.8) is 0 Å². The van der Waals surface area contributed by atoms with Crippen LogP contribution in [0.15, 0.2) is 30.3 Å². The van der Waals surface area contributed by atoms with E-state index in [1.165, 1.54) is 0 Å². The highest BCUT2D eigenvalue weighted by atomic mass is 16.7. The molecule has 0 radical (unpaired) electrons. The maximum absolute atomic E-state index is 5.78. The second kappa shape index (κ2) is 8.17. The molecule has 1 atom stereocenters. The molecule has 2 nitrogen and oxygen atoms in total. The number of ether oxygens (including phenoxy) is 2. The summed E-state index contributed by atoms with van der Waals surface area (Å²) in [6.45, 7) is 5.09. The zero-order chi connectivity index (χ0) is 11.6. The third-order valence-corrected chi connectivity index (χ3v) is 2.34. The summed E-state index contributed by atoms with van der Waals surface area (Å²) in [5.41, 5.74) is 0. The van der Waals surface area contributed by atoms with Crippen molar-refractivity contribution in [2.45, 2.75) is 45.8 Å². The molecule has 2 heteroatoms. The molecule has 0 bridgehead atoms. The largest absolute Gasteiger partial charge is 0.465 e. The lowest BCUT2D eigenvalue weighted by Crippen LogP contribution is -2.20. The van der Waals surface area contributed by atoms with Crippen molar-refractivity contribution in [2.75, 3.05) is 6.61 Å². The lowest BCUT2D eigenvalue weighted by molar-refractivity contribution is -0.0853. The fraction of sp³-hybridized carbons (Fsp3) is 0.571. The van der Waals surface area contributed by atoms with Gasteiger partial charge in [0, 0.05) is 6.42 Å². The first-order chi connectivity index (χ1) is 7.86. The van der Waals surface area contributed by atoms with E-state index in [1.807, 2.05) is 30.3 Å². The van der Waals surface area contributed by atoms with E-state index in [4.69, 9.17) is 9.47 Å². The molecule has 0 spiro atoms. The van der Waals surface area contributed by atoms with E-state index in [-0.39, 0.29) is 6.29 Å². The number of hydrogen-bond acceptors (Lipinski definition) is 2. The van der Waals surface area contributed by atoms with E-state index < -0.39 is 0 Å². The van der Waals surface area contributed by atoms with Crippen LogP contribution in [0.5, 0.6) is 5.75 Å². The van der Waals surface area contributed by atoms with Crippen molar-refractivity contribution < 1.29 is 9.47 Å². The van der Waals surface area contributed by atoms with Crippen LogP contribution in [0.25, 0.3) is 0 Å². The van der Waals surface area contributed by atoms with Crippen molar-refractivity contribution >= 4 is 0 Å². The standard InChI is InChI=1S/C14H22O2/c1-3-5-12-15-14(9-4-2)16-13-10-7-6-8-11-13/h6-8,10-11,14H,3-5,9,12H2,1-2H3. The number of benzene rings is 1. The van der Waals surface area contributed by atoms with Crippen molar-refractivity contribution in [3.8, 4) is 5.75 Å². The number of hydrogen-bond donors (Lipinski definition) is 0. The van der Waals surface area contributed by atoms with Gasteiger partial charge in [-0.2, -0.15) is 0 Å². The number of unbranched alkanes of at least 4 members (excludes halogenated alkanes) is 1. The Hall–Kier alpha value is -1.02. The van der Waals surface area contributed by atoms with E-state index in [0.29, 0.717) is 0 Å². The summed E-state index contributed by atoms with van der Waals surface area (Å²) in [7, 11) is 0. The summed E-state index contributed by atoms with van der Waals surface area (Å²) >= 11 is 0. The highest BCUT2D eigenvalue weighted by Gasteiger charge is 2.08. The third kappa shape index (κ3) is 5.17. The SMILES string of the molecule is CCCCOC(CCC)Oc1ccccc1. The van der Waals surface area contributed by atoms with Crippen molar-refractivity contribution in [1.29, 1.82) is 0 Å². The average Bonchev–Trinajstić information content (AvgIpc) is 2.31. The van der Waals surface area contributed by atoms with Gasteiger partial charge in [0.05, 0.1) is 6.61 Å². The van der Waals surface area contributed by atoms with Gasteiger partial charge in [-0.1, -0.05) is 44.9 Å². The predicted molar refractivity (Wildman–Crippen MR) is 66.6 cm³/mol. The summed E-state index contributed by atoms with van der Waals surface area (Å²) in [5.74, 6) is 0.887. The fourth-order valence-electron chi connectivity index (χ4n) is 1.42. The molecular formula is C14H22O2. The molecule has 1 aromatic rings. The Morgan fingerprint density at radius 2 is 1.81 bits per heavy atom. The molecule has 0 fully saturated rings. The van der Waals surface area contributed by atoms with Crippen LogP contribution in [-0.4, -0.2) is 12.9 Å². The Balaban J connectivity index is 2.38. The zero-order valence-corrected chi connectivity index (χ0v) is 10.3. The van der Waals surface area contributed by atoms with Gasteiger partial charge in [0.15, 0.2) is 6.29 Å². The lowest BCUT2D eigenvalue weighted by Gasteiger charge is -2.18. The molecule has 1 unspecified atom stereocenters. The molecule has 0 aromatic heterocycles. The van der Waals surface area contributed by atoms with Crippen molar-refractivity contribution in [2.24, 2.45) is 0 Å². The van der Waals surface area contributed by atoms with Crippen LogP contribution < -0.4 is 4.74 Å². The van der Waals surface area contributed by atoms with E-state index in [2.05, 4.69) is 13.8 Å². The van der Waals surface area contributed by atoms with Gasteiger partial charge in [-0.25, -0.2) is 0 Å². The Kier molecular flexibility index (Phi) is 6.66. The summed E-state index contributed by atoms with van der Waals surface area (Å²) in [6, 6.07) is 9.87. The van der Waals surface area contributed by atoms with Gasteiger partial charge in [-0.15, -0.1) is 0 Å². The highest BCUT2D eigenvalue weighted by Crippen LogP contribution is 2.14. The second-order valence-corrected chi connectivity index (χ2v) is 3.87. The van der Waals surface area contributed by atoms with Crippen LogP contribution in [0, 0.1) is 0 Å². The van der Waals surface area contributed by atoms with Gasteiger partial charge in [0.25, 0.3) is 0 Å². The van der Waals surface area contributed by atoms with E-state index >= 15 is 0 Å². The maximum Gasteiger partial charge on any atom is 0.199 e. The Bertz CT molecular complexity index is 259. The number of rotatable bonds is 8. The van der Waals surface area contributed by atoms with Crippen LogP contribution in [-0.2, 0) is 4.74 Å². The monoisotopic (exact) mass is 222 g/mol. The second-order valence-electron chi connectivity index (χ2n) is 3.87. The van der Waals surface area contributed by atoms with Gasteiger partial charge in [-0.3, -0.25) is 0 Å². The van der Waals surface area contributed by atoms with Gasteiger partial charge in [-0.05, 0) is 18.6 Å². The summed E-state index contributed by atoms with van der Waals surface area (Å²) in [4.78, 5) is 0. The topological polar surface area (TPSA) is 18.5 Å². The van der Waals surface area contributed by atoms with Gasteiger partial charge in [0.1, 0.15) is 5.75 Å².